The molecule has 0 amide bonds. The third kappa shape index (κ3) is 4.21. The van der Waals surface area contributed by atoms with Crippen molar-refractivity contribution in [2.24, 2.45) is 4.99 Å². The van der Waals surface area contributed by atoms with E-state index >= 15 is 0 Å². The van der Waals surface area contributed by atoms with Gasteiger partial charge in [0.1, 0.15) is 11.5 Å². The van der Waals surface area contributed by atoms with Gasteiger partial charge >= 0.3 is 6.18 Å². The van der Waals surface area contributed by atoms with Crippen molar-refractivity contribution >= 4 is 17.3 Å². The van der Waals surface area contributed by atoms with Crippen molar-refractivity contribution in [1.82, 2.24) is 9.97 Å². The molecule has 1 aliphatic rings. The molecule has 1 saturated heterocycles. The Bertz CT molecular complexity index is 909. The molecule has 0 bridgehead atoms. The van der Waals surface area contributed by atoms with E-state index in [1.165, 1.54) is 13.1 Å². The number of ketones is 1. The van der Waals surface area contributed by atoms with Crippen molar-refractivity contribution in [3.8, 4) is 0 Å². The first-order valence-corrected chi connectivity index (χ1v) is 9.05. The number of carbonyl (C=O) groups excluding carboxylic acids is 1. The molecule has 3 rings (SSSR count). The highest BCUT2D eigenvalue weighted by Crippen LogP contribution is 2.34. The zero-order valence-corrected chi connectivity index (χ0v) is 15.8. The van der Waals surface area contributed by atoms with E-state index in [0.717, 1.165) is 18.9 Å². The van der Waals surface area contributed by atoms with Crippen LogP contribution in [0.2, 0.25) is 0 Å². The maximum atomic E-state index is 13.7. The normalized spacial score (nSPS) is 16.2. The van der Waals surface area contributed by atoms with Crippen LogP contribution in [0.1, 0.15) is 41.8 Å². The number of hydrogen-bond donors (Lipinski definition) is 0. The molecule has 2 aromatic heterocycles. The molecule has 0 saturated carbocycles. The van der Waals surface area contributed by atoms with E-state index in [4.69, 9.17) is 0 Å². The smallest absolute Gasteiger partial charge is 0.349 e. The SMILES string of the molecule is CN=C(c1cccnc1C)c1nc(N2CCCCC(=O)C2)ccc1C(F)(F)F. The summed E-state index contributed by atoms with van der Waals surface area (Å²) in [5.74, 6) is 0.411. The first kappa shape index (κ1) is 20.0. The van der Waals surface area contributed by atoms with Gasteiger partial charge in [0, 0.05) is 37.5 Å². The van der Waals surface area contributed by atoms with Crippen molar-refractivity contribution in [2.75, 3.05) is 25.0 Å². The van der Waals surface area contributed by atoms with Crippen LogP contribution in [0.15, 0.2) is 35.5 Å². The third-order valence-electron chi connectivity index (χ3n) is 4.72. The Morgan fingerprint density at radius 2 is 2.00 bits per heavy atom. The fourth-order valence-corrected chi connectivity index (χ4v) is 3.31. The Hall–Kier alpha value is -2.77. The molecule has 5 nitrogen and oxygen atoms in total. The van der Waals surface area contributed by atoms with E-state index in [9.17, 15) is 18.0 Å². The second kappa shape index (κ2) is 8.08. The molecule has 0 atom stereocenters. The summed E-state index contributed by atoms with van der Waals surface area (Å²) in [4.78, 5) is 26.3. The predicted molar refractivity (Wildman–Crippen MR) is 101 cm³/mol. The minimum Gasteiger partial charge on any atom is -0.349 e. The monoisotopic (exact) mass is 390 g/mol. The number of anilines is 1. The van der Waals surface area contributed by atoms with Crippen LogP contribution in [0.4, 0.5) is 19.0 Å². The molecule has 1 fully saturated rings. The van der Waals surface area contributed by atoms with Crippen LogP contribution >= 0.6 is 0 Å². The Kier molecular flexibility index (Phi) is 5.76. The largest absolute Gasteiger partial charge is 0.418 e. The number of nitrogens with zero attached hydrogens (tertiary/aromatic N) is 4. The lowest BCUT2D eigenvalue weighted by atomic mass is 10.0. The number of halogens is 3. The van der Waals surface area contributed by atoms with E-state index in [2.05, 4.69) is 15.0 Å². The molecule has 8 heteroatoms. The third-order valence-corrected chi connectivity index (χ3v) is 4.72. The summed E-state index contributed by atoms with van der Waals surface area (Å²) in [5, 5.41) is 0. The van der Waals surface area contributed by atoms with Crippen LogP contribution in [-0.2, 0) is 11.0 Å². The predicted octanol–water partition coefficient (Wildman–Crippen LogP) is 3.83. The Morgan fingerprint density at radius 1 is 1.21 bits per heavy atom. The van der Waals surface area contributed by atoms with Gasteiger partial charge in [-0.2, -0.15) is 13.2 Å². The number of hydrogen-bond acceptors (Lipinski definition) is 5. The lowest BCUT2D eigenvalue weighted by molar-refractivity contribution is -0.138. The standard InChI is InChI=1S/C20H21F3N4O/c1-13-15(7-5-10-25-13)18(24-2)19-16(20(21,22)23)8-9-17(26-19)27-11-4-3-6-14(28)12-27/h5,7-10H,3-4,6,11-12H2,1-2H3. The fourth-order valence-electron chi connectivity index (χ4n) is 3.31. The van der Waals surface area contributed by atoms with Crippen molar-refractivity contribution in [1.29, 1.82) is 0 Å². The summed E-state index contributed by atoms with van der Waals surface area (Å²) in [6, 6.07) is 5.67. The summed E-state index contributed by atoms with van der Waals surface area (Å²) in [7, 11) is 1.44. The number of Topliss-reactive ketones (excluding diaryl/α,β-unsaturated/α-hetero) is 1. The zero-order valence-electron chi connectivity index (χ0n) is 15.8. The zero-order chi connectivity index (χ0) is 20.3. The van der Waals surface area contributed by atoms with E-state index in [1.54, 1.807) is 30.2 Å². The highest BCUT2D eigenvalue weighted by molar-refractivity contribution is 6.13. The summed E-state index contributed by atoms with van der Waals surface area (Å²) in [5.41, 5.74) is 0.0722. The van der Waals surface area contributed by atoms with Gasteiger partial charge in [-0.3, -0.25) is 14.8 Å². The molecule has 0 radical (unpaired) electrons. The van der Waals surface area contributed by atoms with Crippen LogP contribution in [-0.4, -0.2) is 41.6 Å². The molecule has 3 heterocycles. The number of rotatable bonds is 3. The average molecular weight is 390 g/mol. The van der Waals surface area contributed by atoms with Crippen molar-refractivity contribution in [2.45, 2.75) is 32.4 Å². The maximum Gasteiger partial charge on any atom is 0.418 e. The summed E-state index contributed by atoms with van der Waals surface area (Å²) in [6.45, 7) is 2.45. The molecule has 148 valence electrons. The van der Waals surface area contributed by atoms with Crippen LogP contribution in [0, 0.1) is 6.92 Å². The van der Waals surface area contributed by atoms with Gasteiger partial charge in [0.25, 0.3) is 0 Å². The van der Waals surface area contributed by atoms with Crippen molar-refractivity contribution < 1.29 is 18.0 Å². The number of aryl methyl sites for hydroxylation is 1. The van der Waals surface area contributed by atoms with Gasteiger partial charge in [-0.1, -0.05) is 0 Å². The van der Waals surface area contributed by atoms with Crippen LogP contribution in [0.5, 0.6) is 0 Å². The highest BCUT2D eigenvalue weighted by Gasteiger charge is 2.36. The highest BCUT2D eigenvalue weighted by atomic mass is 19.4. The molecule has 0 N–H and O–H groups in total. The second-order valence-electron chi connectivity index (χ2n) is 6.69. The maximum absolute atomic E-state index is 13.7. The van der Waals surface area contributed by atoms with Crippen molar-refractivity contribution in [3.63, 3.8) is 0 Å². The van der Waals surface area contributed by atoms with Crippen LogP contribution in [0.25, 0.3) is 0 Å². The van der Waals surface area contributed by atoms with Gasteiger partial charge in [0.2, 0.25) is 0 Å². The molecule has 0 spiro atoms. The number of pyridine rings is 2. The number of alkyl halides is 3. The summed E-state index contributed by atoms with van der Waals surface area (Å²) >= 11 is 0. The van der Waals surface area contributed by atoms with Crippen LogP contribution in [0.3, 0.4) is 0 Å². The van der Waals surface area contributed by atoms with Gasteiger partial charge in [0.05, 0.1) is 17.8 Å². The molecule has 2 aromatic rings. The van der Waals surface area contributed by atoms with E-state index in [0.29, 0.717) is 30.0 Å². The summed E-state index contributed by atoms with van der Waals surface area (Å²) < 4.78 is 41.1. The first-order valence-electron chi connectivity index (χ1n) is 9.05. The molecular formula is C20H21F3N4O. The molecule has 0 aliphatic carbocycles. The fraction of sp³-hybridized carbons (Fsp3) is 0.400. The topological polar surface area (TPSA) is 58.5 Å². The Morgan fingerprint density at radius 3 is 2.68 bits per heavy atom. The van der Waals surface area contributed by atoms with E-state index in [1.807, 2.05) is 0 Å². The lowest BCUT2D eigenvalue weighted by Crippen LogP contribution is -2.30. The molecule has 0 aromatic carbocycles. The lowest BCUT2D eigenvalue weighted by Gasteiger charge is -2.23. The van der Waals surface area contributed by atoms with Gasteiger partial charge < -0.3 is 4.90 Å². The molecule has 0 unspecified atom stereocenters. The van der Waals surface area contributed by atoms with E-state index < -0.39 is 11.7 Å². The molecular weight excluding hydrogens is 369 g/mol. The quantitative estimate of drug-likeness (QED) is 0.748. The minimum absolute atomic E-state index is 0.0632. The minimum atomic E-state index is -4.58. The molecule has 28 heavy (non-hydrogen) atoms. The van der Waals surface area contributed by atoms with Gasteiger partial charge in [-0.05, 0) is 44.0 Å². The van der Waals surface area contributed by atoms with Gasteiger partial charge in [-0.15, -0.1) is 0 Å². The van der Waals surface area contributed by atoms with Gasteiger partial charge in [0.15, 0.2) is 5.78 Å². The summed E-state index contributed by atoms with van der Waals surface area (Å²) in [6.07, 6.45) is -0.953. The average Bonchev–Trinajstić information content (AvgIpc) is 2.87. The number of carbonyl (C=O) groups is 1. The molecule has 1 aliphatic heterocycles. The second-order valence-corrected chi connectivity index (χ2v) is 6.69. The Labute approximate surface area is 161 Å². The first-order chi connectivity index (χ1) is 13.3. The number of aliphatic imine (C=N–C) groups is 1. The number of aromatic nitrogens is 2. The van der Waals surface area contributed by atoms with Gasteiger partial charge in [-0.25, -0.2) is 4.98 Å². The van der Waals surface area contributed by atoms with Crippen molar-refractivity contribution in [3.05, 3.63) is 53.0 Å². The van der Waals surface area contributed by atoms with Crippen LogP contribution < -0.4 is 4.90 Å². The van der Waals surface area contributed by atoms with E-state index in [-0.39, 0.29) is 23.7 Å². The Balaban J connectivity index is 2.14.